The summed E-state index contributed by atoms with van der Waals surface area (Å²) < 4.78 is 10.5. The average molecular weight is 407 g/mol. The summed E-state index contributed by atoms with van der Waals surface area (Å²) in [4.78, 5) is 23.9. The Kier molecular flexibility index (Phi) is 10.5. The van der Waals surface area contributed by atoms with Crippen LogP contribution >= 0.6 is 23.4 Å². The zero-order valence-electron chi connectivity index (χ0n) is 14.6. The number of carboxylic acid groups (broad SMARTS) is 2. The third kappa shape index (κ3) is 8.81. The molecule has 8 nitrogen and oxygen atoms in total. The largest absolute Gasteiger partial charge is 0.539 e. The predicted molar refractivity (Wildman–Crippen MR) is 94.1 cm³/mol. The molecule has 0 atom stereocenters. The number of nitrogens with one attached hydrogen (secondary N) is 1. The third-order valence-corrected chi connectivity index (χ3v) is 5.26. The van der Waals surface area contributed by atoms with Crippen LogP contribution in [0.4, 0.5) is 0 Å². The van der Waals surface area contributed by atoms with E-state index in [4.69, 9.17) is 40.9 Å². The van der Waals surface area contributed by atoms with E-state index in [0.29, 0.717) is 10.4 Å². The van der Waals surface area contributed by atoms with Gasteiger partial charge in [-0.2, -0.15) is 0 Å². The van der Waals surface area contributed by atoms with Crippen LogP contribution in [0.15, 0.2) is 23.2 Å². The van der Waals surface area contributed by atoms with Gasteiger partial charge in [-0.15, -0.1) is 11.8 Å². The molecule has 146 valence electrons. The van der Waals surface area contributed by atoms with Crippen molar-refractivity contribution in [3.63, 3.8) is 0 Å². The van der Waals surface area contributed by atoms with Crippen molar-refractivity contribution in [2.75, 3.05) is 33.9 Å². The summed E-state index contributed by atoms with van der Waals surface area (Å²) in [6, 6.07) is 5.80. The number of rotatable bonds is 6. The highest BCUT2D eigenvalue weighted by Crippen LogP contribution is 2.27. The second-order valence-corrected chi connectivity index (χ2v) is 7.27. The Hall–Kier alpha value is -1.39. The zero-order valence-corrected chi connectivity index (χ0v) is 16.2. The fraction of sp³-hybridized carbons (Fsp3) is 0.562. The van der Waals surface area contributed by atoms with Crippen LogP contribution in [0.3, 0.4) is 0 Å². The van der Waals surface area contributed by atoms with Crippen LogP contribution < -0.4 is 10.0 Å². The Labute approximate surface area is 161 Å². The van der Waals surface area contributed by atoms with Crippen LogP contribution in [0.25, 0.3) is 0 Å². The molecule has 2 heterocycles. The van der Waals surface area contributed by atoms with Crippen LogP contribution in [0, 0.1) is 0 Å². The van der Waals surface area contributed by atoms with Gasteiger partial charge in [-0.25, -0.2) is 9.78 Å². The molecule has 1 aromatic rings. The Bertz CT molecular complexity index is 568. The van der Waals surface area contributed by atoms with Crippen LogP contribution in [0.1, 0.15) is 12.8 Å². The molecule has 1 fully saturated rings. The maximum Gasteiger partial charge on any atom is 0.351 e. The number of thioether (sulfide) groups is 1. The van der Waals surface area contributed by atoms with Crippen molar-refractivity contribution in [1.82, 2.24) is 4.98 Å². The lowest BCUT2D eigenvalue weighted by Gasteiger charge is -2.30. The molecule has 0 spiro atoms. The number of ether oxygens (including phenoxy) is 2. The molecule has 0 amide bonds. The van der Waals surface area contributed by atoms with Crippen LogP contribution in [0.5, 0.6) is 0 Å². The van der Waals surface area contributed by atoms with Crippen LogP contribution in [-0.2, 0) is 19.1 Å². The van der Waals surface area contributed by atoms with Crippen LogP contribution in [-0.4, -0.2) is 67.4 Å². The number of halogens is 1. The SMILES string of the molecule is COC(C[NH+]1CCC(Sc2cccc(Cl)n2)CC1)OC.O=C([O-])C(=O)O. The molecule has 1 aliphatic rings. The number of aliphatic carboxylic acids is 2. The fourth-order valence-electron chi connectivity index (χ4n) is 2.45. The quantitative estimate of drug-likeness (QED) is 0.363. The number of likely N-dealkylation sites (tertiary alicyclic amines) is 1. The van der Waals surface area contributed by atoms with Crippen molar-refractivity contribution >= 4 is 35.3 Å². The summed E-state index contributed by atoms with van der Waals surface area (Å²) in [6.45, 7) is 3.22. The monoisotopic (exact) mass is 406 g/mol. The van der Waals surface area contributed by atoms with Crippen molar-refractivity contribution < 1.29 is 34.2 Å². The maximum atomic E-state index is 9.04. The van der Waals surface area contributed by atoms with E-state index >= 15 is 0 Å². The molecule has 2 rings (SSSR count). The second-order valence-electron chi connectivity index (χ2n) is 5.56. The summed E-state index contributed by atoms with van der Waals surface area (Å²) in [5, 5.41) is 18.5. The number of methoxy groups -OCH3 is 2. The number of carboxylic acids is 2. The van der Waals surface area contributed by atoms with E-state index in [-0.39, 0.29) is 6.29 Å². The topological polar surface area (TPSA) is 113 Å². The van der Waals surface area contributed by atoms with E-state index in [9.17, 15) is 0 Å². The first-order chi connectivity index (χ1) is 12.3. The van der Waals surface area contributed by atoms with E-state index < -0.39 is 11.9 Å². The molecule has 26 heavy (non-hydrogen) atoms. The predicted octanol–water partition coefficient (Wildman–Crippen LogP) is -0.686. The lowest BCUT2D eigenvalue weighted by atomic mass is 10.1. The summed E-state index contributed by atoms with van der Waals surface area (Å²) in [6.07, 6.45) is 2.28. The van der Waals surface area contributed by atoms with Gasteiger partial charge < -0.3 is 29.4 Å². The van der Waals surface area contributed by atoms with E-state index in [0.717, 1.165) is 24.7 Å². The summed E-state index contributed by atoms with van der Waals surface area (Å²) in [5.74, 6) is -4.01. The number of hydrogen-bond donors (Lipinski definition) is 2. The Morgan fingerprint density at radius 2 is 1.96 bits per heavy atom. The van der Waals surface area contributed by atoms with E-state index in [1.807, 2.05) is 30.0 Å². The molecule has 1 aromatic heterocycles. The molecule has 1 saturated heterocycles. The standard InChI is InChI=1S/C14H21ClN2O2S.C2H2O4/c1-18-14(19-2)10-17-8-6-11(7-9-17)20-13-5-3-4-12(15)16-13;3-1(4)2(5)6/h3-5,11,14H,6-10H2,1-2H3;(H,3,4)(H,5,6). The maximum absolute atomic E-state index is 9.04. The minimum absolute atomic E-state index is 0.0937. The van der Waals surface area contributed by atoms with Gasteiger partial charge in [-0.1, -0.05) is 17.7 Å². The van der Waals surface area contributed by atoms with Gasteiger partial charge in [0.1, 0.15) is 11.7 Å². The van der Waals surface area contributed by atoms with Gasteiger partial charge in [-0.05, 0) is 12.1 Å². The second kappa shape index (κ2) is 12.1. The smallest absolute Gasteiger partial charge is 0.351 e. The number of carbonyl (C=O) groups excluding carboxylic acids is 1. The van der Waals surface area contributed by atoms with E-state index in [2.05, 4.69) is 4.98 Å². The van der Waals surface area contributed by atoms with Gasteiger partial charge in [-0.3, -0.25) is 0 Å². The highest BCUT2D eigenvalue weighted by Gasteiger charge is 2.25. The minimum atomic E-state index is -2.07. The number of pyridine rings is 1. The van der Waals surface area contributed by atoms with Gasteiger partial charge in [0.05, 0.1) is 18.1 Å². The molecule has 0 aliphatic carbocycles. The molecular weight excluding hydrogens is 384 g/mol. The lowest BCUT2D eigenvalue weighted by molar-refractivity contribution is -0.910. The van der Waals surface area contributed by atoms with E-state index in [1.165, 1.54) is 12.8 Å². The van der Waals surface area contributed by atoms with E-state index in [1.54, 1.807) is 19.1 Å². The molecule has 1 aliphatic heterocycles. The Balaban J connectivity index is 0.000000487. The number of carbonyl (C=O) groups is 2. The number of aromatic nitrogens is 1. The minimum Gasteiger partial charge on any atom is -0.539 e. The lowest BCUT2D eigenvalue weighted by Crippen LogP contribution is -3.14. The number of piperidine rings is 1. The fourth-order valence-corrected chi connectivity index (χ4v) is 3.78. The molecule has 10 heteroatoms. The van der Waals surface area contributed by atoms with Crippen LogP contribution in [0.2, 0.25) is 5.15 Å². The van der Waals surface area contributed by atoms with Crippen molar-refractivity contribution in [3.8, 4) is 0 Å². The van der Waals surface area contributed by atoms with Crippen molar-refractivity contribution in [1.29, 1.82) is 0 Å². The first-order valence-corrected chi connectivity index (χ1v) is 9.24. The van der Waals surface area contributed by atoms with Gasteiger partial charge in [0.25, 0.3) is 0 Å². The van der Waals surface area contributed by atoms with Crippen molar-refractivity contribution in [3.05, 3.63) is 23.4 Å². The van der Waals surface area contributed by atoms with Gasteiger partial charge in [0.15, 0.2) is 5.97 Å². The Morgan fingerprint density at radius 1 is 1.38 bits per heavy atom. The molecule has 0 bridgehead atoms. The van der Waals surface area contributed by atoms with Crippen molar-refractivity contribution in [2.24, 2.45) is 0 Å². The first-order valence-electron chi connectivity index (χ1n) is 7.98. The first kappa shape index (κ1) is 22.7. The zero-order chi connectivity index (χ0) is 19.5. The van der Waals surface area contributed by atoms with Gasteiger partial charge in [0, 0.05) is 32.3 Å². The molecule has 0 saturated carbocycles. The molecular formula is C16H23ClN2O6S. The molecule has 0 aromatic carbocycles. The molecule has 2 N–H and O–H groups in total. The van der Waals surface area contributed by atoms with Gasteiger partial charge in [0.2, 0.25) is 6.29 Å². The number of hydrogen-bond acceptors (Lipinski definition) is 7. The summed E-state index contributed by atoms with van der Waals surface area (Å²) >= 11 is 7.76. The summed E-state index contributed by atoms with van der Waals surface area (Å²) in [5.41, 5.74) is 0. The Morgan fingerprint density at radius 3 is 2.42 bits per heavy atom. The van der Waals surface area contributed by atoms with Gasteiger partial charge >= 0.3 is 5.97 Å². The highest BCUT2D eigenvalue weighted by molar-refractivity contribution is 7.99. The highest BCUT2D eigenvalue weighted by atomic mass is 35.5. The summed E-state index contributed by atoms with van der Waals surface area (Å²) in [7, 11) is 3.39. The van der Waals surface area contributed by atoms with Crippen molar-refractivity contribution in [2.45, 2.75) is 29.4 Å². The third-order valence-electron chi connectivity index (χ3n) is 3.77. The normalized spacial score (nSPS) is 19.5. The number of nitrogens with zero attached hydrogens (tertiary/aromatic N) is 1. The number of quaternary nitrogens is 1. The average Bonchev–Trinajstić information content (AvgIpc) is 2.61. The molecule has 0 unspecified atom stereocenters. The molecule has 0 radical (unpaired) electrons.